The van der Waals surface area contributed by atoms with Crippen LogP contribution in [-0.2, 0) is 11.2 Å². The third-order valence-corrected chi connectivity index (χ3v) is 5.27. The van der Waals surface area contributed by atoms with Crippen LogP contribution in [0.1, 0.15) is 18.5 Å². The summed E-state index contributed by atoms with van der Waals surface area (Å²) >= 11 is 0. The van der Waals surface area contributed by atoms with Crippen molar-refractivity contribution in [3.63, 3.8) is 0 Å². The molecule has 4 rings (SSSR count). The van der Waals surface area contributed by atoms with Crippen molar-refractivity contribution >= 4 is 23.3 Å². The van der Waals surface area contributed by atoms with E-state index in [0.717, 1.165) is 17.0 Å². The molecule has 0 radical (unpaired) electrons. The minimum absolute atomic E-state index is 0.0446. The molecule has 0 atom stereocenters. The number of pyridine rings is 1. The number of likely N-dealkylation sites (tertiary alicyclic amines) is 1. The number of hydrogen-bond acceptors (Lipinski definition) is 3. The first-order valence-corrected chi connectivity index (χ1v) is 10.0. The fourth-order valence-corrected chi connectivity index (χ4v) is 3.63. The van der Waals surface area contributed by atoms with E-state index < -0.39 is 0 Å². The van der Waals surface area contributed by atoms with Crippen LogP contribution in [0.15, 0.2) is 60.9 Å². The number of nitrogens with one attached hydrogen (secondary N) is 2. The van der Waals surface area contributed by atoms with Gasteiger partial charge in [-0.05, 0) is 37.1 Å². The van der Waals surface area contributed by atoms with E-state index in [1.165, 1.54) is 0 Å². The third-order valence-electron chi connectivity index (χ3n) is 5.27. The van der Waals surface area contributed by atoms with Gasteiger partial charge < -0.3 is 19.9 Å². The lowest BCUT2D eigenvalue weighted by Gasteiger charge is -2.31. The number of benzene rings is 1. The van der Waals surface area contributed by atoms with Gasteiger partial charge in [0.25, 0.3) is 0 Å². The van der Waals surface area contributed by atoms with E-state index in [1.807, 2.05) is 65.3 Å². The van der Waals surface area contributed by atoms with E-state index >= 15 is 0 Å². The van der Waals surface area contributed by atoms with Gasteiger partial charge in [-0.3, -0.25) is 4.79 Å². The van der Waals surface area contributed by atoms with Crippen molar-refractivity contribution < 1.29 is 9.59 Å². The molecule has 1 aliphatic heterocycles. The van der Waals surface area contributed by atoms with E-state index in [0.29, 0.717) is 38.9 Å². The molecule has 2 N–H and O–H groups in total. The van der Waals surface area contributed by atoms with Crippen LogP contribution in [0.25, 0.3) is 5.65 Å². The summed E-state index contributed by atoms with van der Waals surface area (Å²) in [5, 5.41) is 5.92. The fourth-order valence-electron chi connectivity index (χ4n) is 3.63. The van der Waals surface area contributed by atoms with Gasteiger partial charge in [0.1, 0.15) is 5.65 Å². The number of amides is 3. The average molecular weight is 391 g/mol. The Morgan fingerprint density at radius 2 is 1.79 bits per heavy atom. The Bertz CT molecular complexity index is 944. The van der Waals surface area contributed by atoms with Gasteiger partial charge >= 0.3 is 6.03 Å². The molecule has 29 heavy (non-hydrogen) atoms. The molecule has 2 aromatic heterocycles. The standard InChI is InChI=1S/C22H25N5O2/c28-21(23-12-9-19-16-27-13-5-4-8-20(27)24-19)17-10-14-26(15-11-17)22(29)25-18-6-2-1-3-7-18/h1-8,13,16-17H,9-12,14-15H2,(H,23,28)(H,25,29). The number of carbonyl (C=O) groups excluding carboxylic acids is 2. The van der Waals surface area contributed by atoms with Gasteiger partial charge in [0.2, 0.25) is 5.91 Å². The number of anilines is 1. The first-order chi connectivity index (χ1) is 14.2. The number of carbonyl (C=O) groups is 2. The molecule has 0 saturated carbocycles. The molecule has 0 unspecified atom stereocenters. The molecule has 3 aromatic rings. The Kier molecular flexibility index (Phi) is 5.74. The van der Waals surface area contributed by atoms with Crippen molar-refractivity contribution in [1.82, 2.24) is 19.6 Å². The Morgan fingerprint density at radius 1 is 1.03 bits per heavy atom. The topological polar surface area (TPSA) is 78.7 Å². The molecular formula is C22H25N5O2. The van der Waals surface area contributed by atoms with Crippen LogP contribution in [0.3, 0.4) is 0 Å². The number of nitrogens with zero attached hydrogens (tertiary/aromatic N) is 3. The number of piperidine rings is 1. The maximum atomic E-state index is 12.5. The second kappa shape index (κ2) is 8.77. The zero-order valence-electron chi connectivity index (χ0n) is 16.3. The zero-order chi connectivity index (χ0) is 20.1. The van der Waals surface area contributed by atoms with Gasteiger partial charge in [-0.1, -0.05) is 24.3 Å². The van der Waals surface area contributed by atoms with Gasteiger partial charge in [-0.2, -0.15) is 0 Å². The summed E-state index contributed by atoms with van der Waals surface area (Å²) in [4.78, 5) is 31.1. The summed E-state index contributed by atoms with van der Waals surface area (Å²) in [6, 6.07) is 15.2. The summed E-state index contributed by atoms with van der Waals surface area (Å²) in [6.45, 7) is 1.74. The molecule has 0 spiro atoms. The van der Waals surface area contributed by atoms with Gasteiger partial charge in [0.15, 0.2) is 0 Å². The largest absolute Gasteiger partial charge is 0.355 e. The molecule has 1 saturated heterocycles. The summed E-state index contributed by atoms with van der Waals surface area (Å²) in [6.07, 6.45) is 6.02. The van der Waals surface area contributed by atoms with E-state index in [4.69, 9.17) is 0 Å². The van der Waals surface area contributed by atoms with E-state index in [1.54, 1.807) is 4.90 Å². The number of fused-ring (bicyclic) bond motifs is 1. The quantitative estimate of drug-likeness (QED) is 0.702. The van der Waals surface area contributed by atoms with Gasteiger partial charge in [-0.25, -0.2) is 9.78 Å². The minimum Gasteiger partial charge on any atom is -0.355 e. The number of aromatic nitrogens is 2. The van der Waals surface area contributed by atoms with Crippen LogP contribution >= 0.6 is 0 Å². The molecule has 1 aromatic carbocycles. The lowest BCUT2D eigenvalue weighted by Crippen LogP contribution is -2.44. The Morgan fingerprint density at radius 3 is 2.55 bits per heavy atom. The van der Waals surface area contributed by atoms with Crippen molar-refractivity contribution in [2.45, 2.75) is 19.3 Å². The van der Waals surface area contributed by atoms with Crippen LogP contribution in [0.2, 0.25) is 0 Å². The highest BCUT2D eigenvalue weighted by Crippen LogP contribution is 2.18. The minimum atomic E-state index is -0.109. The predicted molar refractivity (Wildman–Crippen MR) is 112 cm³/mol. The first kappa shape index (κ1) is 19.0. The Hall–Kier alpha value is -3.35. The van der Waals surface area contributed by atoms with Crippen molar-refractivity contribution in [3.05, 3.63) is 66.6 Å². The molecular weight excluding hydrogens is 366 g/mol. The monoisotopic (exact) mass is 391 g/mol. The van der Waals surface area contributed by atoms with E-state index in [9.17, 15) is 9.59 Å². The SMILES string of the molecule is O=C(NCCc1cn2ccccc2n1)C1CCN(C(=O)Nc2ccccc2)CC1. The number of imidazole rings is 1. The maximum Gasteiger partial charge on any atom is 0.321 e. The summed E-state index contributed by atoms with van der Waals surface area (Å²) in [5.74, 6) is 0.0220. The summed E-state index contributed by atoms with van der Waals surface area (Å²) < 4.78 is 1.98. The first-order valence-electron chi connectivity index (χ1n) is 10.0. The Labute approximate surface area is 169 Å². The van der Waals surface area contributed by atoms with Crippen molar-refractivity contribution in [2.24, 2.45) is 5.92 Å². The van der Waals surface area contributed by atoms with Gasteiger partial charge in [0, 0.05) is 50.1 Å². The van der Waals surface area contributed by atoms with Crippen molar-refractivity contribution in [3.8, 4) is 0 Å². The van der Waals surface area contributed by atoms with Crippen molar-refractivity contribution in [1.29, 1.82) is 0 Å². The maximum absolute atomic E-state index is 12.5. The molecule has 150 valence electrons. The molecule has 3 heterocycles. The lowest BCUT2D eigenvalue weighted by atomic mass is 9.96. The normalized spacial score (nSPS) is 14.7. The highest BCUT2D eigenvalue weighted by atomic mass is 16.2. The molecule has 1 aliphatic rings. The molecule has 0 bridgehead atoms. The third kappa shape index (κ3) is 4.74. The highest BCUT2D eigenvalue weighted by Gasteiger charge is 2.27. The van der Waals surface area contributed by atoms with E-state index in [-0.39, 0.29) is 17.9 Å². The van der Waals surface area contributed by atoms with Crippen LogP contribution in [0.5, 0.6) is 0 Å². The van der Waals surface area contributed by atoms with Crippen molar-refractivity contribution in [2.75, 3.05) is 25.0 Å². The van der Waals surface area contributed by atoms with Crippen LogP contribution in [-0.4, -0.2) is 45.9 Å². The fraction of sp³-hybridized carbons (Fsp3) is 0.318. The average Bonchev–Trinajstić information content (AvgIpc) is 3.17. The lowest BCUT2D eigenvalue weighted by molar-refractivity contribution is -0.126. The Balaban J connectivity index is 1.20. The second-order valence-corrected chi connectivity index (χ2v) is 7.30. The number of rotatable bonds is 5. The van der Waals surface area contributed by atoms with Gasteiger partial charge in [-0.15, -0.1) is 0 Å². The van der Waals surface area contributed by atoms with E-state index in [2.05, 4.69) is 15.6 Å². The second-order valence-electron chi connectivity index (χ2n) is 7.30. The zero-order valence-corrected chi connectivity index (χ0v) is 16.3. The molecule has 1 fully saturated rings. The highest BCUT2D eigenvalue weighted by molar-refractivity contribution is 5.89. The predicted octanol–water partition coefficient (Wildman–Crippen LogP) is 2.94. The molecule has 7 nitrogen and oxygen atoms in total. The summed E-state index contributed by atoms with van der Waals surface area (Å²) in [7, 11) is 0. The van der Waals surface area contributed by atoms with Crippen LogP contribution in [0, 0.1) is 5.92 Å². The number of urea groups is 1. The number of para-hydroxylation sites is 1. The number of hydrogen-bond donors (Lipinski definition) is 2. The van der Waals surface area contributed by atoms with Crippen LogP contribution in [0.4, 0.5) is 10.5 Å². The van der Waals surface area contributed by atoms with Gasteiger partial charge in [0.05, 0.1) is 5.69 Å². The molecule has 0 aliphatic carbocycles. The molecule has 7 heteroatoms. The van der Waals surface area contributed by atoms with Crippen LogP contribution < -0.4 is 10.6 Å². The smallest absolute Gasteiger partial charge is 0.321 e. The summed E-state index contributed by atoms with van der Waals surface area (Å²) in [5.41, 5.74) is 2.66. The molecule has 3 amide bonds.